The summed E-state index contributed by atoms with van der Waals surface area (Å²) in [5.74, 6) is -0.341. The molecule has 0 amide bonds. The van der Waals surface area contributed by atoms with Crippen molar-refractivity contribution in [3.8, 4) is 0 Å². The van der Waals surface area contributed by atoms with Gasteiger partial charge in [0, 0.05) is 11.0 Å². The fourth-order valence-corrected chi connectivity index (χ4v) is 1.87. The maximum absolute atomic E-state index is 11.7. The Hall–Kier alpha value is -1.62. The molecular formula is C13H13BrN2O2. The smallest absolute Gasteiger partial charge is 0.356 e. The molecule has 0 radical (unpaired) electrons. The van der Waals surface area contributed by atoms with Crippen LogP contribution in [0.3, 0.4) is 0 Å². The molecule has 0 N–H and O–H groups in total. The molecule has 5 heteroatoms. The maximum Gasteiger partial charge on any atom is 0.356 e. The summed E-state index contributed by atoms with van der Waals surface area (Å²) in [6.07, 6.45) is 3.16. The third-order valence-corrected chi connectivity index (χ3v) is 2.99. The van der Waals surface area contributed by atoms with Crippen LogP contribution in [0.2, 0.25) is 0 Å². The minimum atomic E-state index is -0.341. The summed E-state index contributed by atoms with van der Waals surface area (Å²) in [5, 5.41) is 0. The van der Waals surface area contributed by atoms with E-state index < -0.39 is 0 Å². The summed E-state index contributed by atoms with van der Waals surface area (Å²) in [6.45, 7) is 2.75. The van der Waals surface area contributed by atoms with E-state index in [2.05, 4.69) is 20.9 Å². The second-order valence-corrected chi connectivity index (χ2v) is 4.67. The van der Waals surface area contributed by atoms with E-state index in [0.29, 0.717) is 18.8 Å². The molecule has 94 valence electrons. The Kier molecular flexibility index (Phi) is 4.15. The van der Waals surface area contributed by atoms with Gasteiger partial charge in [0.2, 0.25) is 0 Å². The number of carbonyl (C=O) groups is 1. The highest BCUT2D eigenvalue weighted by Gasteiger charge is 2.12. The van der Waals surface area contributed by atoms with E-state index in [4.69, 9.17) is 4.74 Å². The number of hydrogen-bond acceptors (Lipinski definition) is 3. The normalized spacial score (nSPS) is 10.3. The Morgan fingerprint density at radius 2 is 2.11 bits per heavy atom. The number of nitrogens with zero attached hydrogens (tertiary/aromatic N) is 2. The second kappa shape index (κ2) is 5.82. The lowest BCUT2D eigenvalue weighted by atomic mass is 10.2. The Balaban J connectivity index is 2.17. The number of ether oxygens (including phenoxy) is 1. The van der Waals surface area contributed by atoms with Crippen molar-refractivity contribution in [2.45, 2.75) is 13.5 Å². The average molecular weight is 309 g/mol. The summed E-state index contributed by atoms with van der Waals surface area (Å²) in [4.78, 5) is 15.7. The highest BCUT2D eigenvalue weighted by Crippen LogP contribution is 2.12. The predicted octanol–water partition coefficient (Wildman–Crippen LogP) is 2.87. The van der Waals surface area contributed by atoms with E-state index in [9.17, 15) is 4.79 Å². The molecule has 0 atom stereocenters. The number of aromatic nitrogens is 2. The fourth-order valence-electron chi connectivity index (χ4n) is 1.61. The van der Waals surface area contributed by atoms with Gasteiger partial charge in [-0.2, -0.15) is 0 Å². The van der Waals surface area contributed by atoms with Crippen LogP contribution in [0.25, 0.3) is 0 Å². The van der Waals surface area contributed by atoms with Gasteiger partial charge in [0.05, 0.1) is 19.1 Å². The molecule has 0 aliphatic heterocycles. The van der Waals surface area contributed by atoms with Gasteiger partial charge in [-0.3, -0.25) is 0 Å². The Labute approximate surface area is 114 Å². The number of benzene rings is 1. The maximum atomic E-state index is 11.7. The minimum absolute atomic E-state index is 0.341. The molecule has 0 aliphatic carbocycles. The number of carbonyl (C=O) groups excluding carboxylic acids is 1. The van der Waals surface area contributed by atoms with Gasteiger partial charge in [0.1, 0.15) is 5.69 Å². The van der Waals surface area contributed by atoms with E-state index in [0.717, 1.165) is 10.0 Å². The van der Waals surface area contributed by atoms with Gasteiger partial charge >= 0.3 is 5.97 Å². The average Bonchev–Trinajstić information content (AvgIpc) is 2.81. The first-order valence-corrected chi connectivity index (χ1v) is 6.41. The second-order valence-electron chi connectivity index (χ2n) is 3.75. The van der Waals surface area contributed by atoms with E-state index in [1.54, 1.807) is 17.8 Å². The molecule has 0 unspecified atom stereocenters. The molecule has 0 bridgehead atoms. The SMILES string of the molecule is CCOC(=O)c1cncn1Cc1ccc(Br)cc1. The van der Waals surface area contributed by atoms with E-state index in [-0.39, 0.29) is 5.97 Å². The molecule has 2 aromatic rings. The van der Waals surface area contributed by atoms with Crippen LogP contribution in [0.4, 0.5) is 0 Å². The molecule has 0 fully saturated rings. The van der Waals surface area contributed by atoms with Gasteiger partial charge in [0.25, 0.3) is 0 Å². The first-order chi connectivity index (χ1) is 8.70. The van der Waals surface area contributed by atoms with Crippen molar-refractivity contribution in [1.82, 2.24) is 9.55 Å². The van der Waals surface area contributed by atoms with E-state index in [1.807, 2.05) is 24.3 Å². The van der Waals surface area contributed by atoms with Crippen molar-refractivity contribution in [3.63, 3.8) is 0 Å². The first kappa shape index (κ1) is 12.8. The Bertz CT molecular complexity index is 534. The topological polar surface area (TPSA) is 44.1 Å². The molecule has 1 aromatic carbocycles. The zero-order valence-corrected chi connectivity index (χ0v) is 11.6. The van der Waals surface area contributed by atoms with Crippen LogP contribution in [0.15, 0.2) is 41.3 Å². The minimum Gasteiger partial charge on any atom is -0.461 e. The number of hydrogen-bond donors (Lipinski definition) is 0. The molecule has 0 saturated heterocycles. The first-order valence-electron chi connectivity index (χ1n) is 5.62. The number of esters is 1. The molecular weight excluding hydrogens is 296 g/mol. The summed E-state index contributed by atoms with van der Waals surface area (Å²) < 4.78 is 7.79. The number of halogens is 1. The quantitative estimate of drug-likeness (QED) is 0.816. The zero-order valence-electron chi connectivity index (χ0n) is 9.97. The predicted molar refractivity (Wildman–Crippen MR) is 71.4 cm³/mol. The van der Waals surface area contributed by atoms with Gasteiger partial charge < -0.3 is 9.30 Å². The lowest BCUT2D eigenvalue weighted by molar-refractivity contribution is 0.0514. The largest absolute Gasteiger partial charge is 0.461 e. The highest BCUT2D eigenvalue weighted by atomic mass is 79.9. The van der Waals surface area contributed by atoms with Crippen LogP contribution >= 0.6 is 15.9 Å². The van der Waals surface area contributed by atoms with Crippen molar-refractivity contribution in [2.24, 2.45) is 0 Å². The number of rotatable bonds is 4. The molecule has 18 heavy (non-hydrogen) atoms. The summed E-state index contributed by atoms with van der Waals surface area (Å²) in [6, 6.07) is 7.94. The Morgan fingerprint density at radius 3 is 2.78 bits per heavy atom. The van der Waals surface area contributed by atoms with E-state index in [1.165, 1.54) is 6.20 Å². The molecule has 4 nitrogen and oxygen atoms in total. The number of imidazole rings is 1. The van der Waals surface area contributed by atoms with Gasteiger partial charge in [0.15, 0.2) is 0 Å². The third kappa shape index (κ3) is 2.98. The molecule has 0 aliphatic rings. The lowest BCUT2D eigenvalue weighted by Gasteiger charge is -2.07. The molecule has 1 aromatic heterocycles. The summed E-state index contributed by atoms with van der Waals surface area (Å²) in [5.41, 5.74) is 1.57. The van der Waals surface area contributed by atoms with Crippen LogP contribution in [0.5, 0.6) is 0 Å². The van der Waals surface area contributed by atoms with E-state index >= 15 is 0 Å². The zero-order chi connectivity index (χ0) is 13.0. The molecule has 2 rings (SSSR count). The highest BCUT2D eigenvalue weighted by molar-refractivity contribution is 9.10. The molecule has 0 saturated carbocycles. The van der Waals surface area contributed by atoms with Crippen LogP contribution in [0, 0.1) is 0 Å². The Morgan fingerprint density at radius 1 is 1.39 bits per heavy atom. The van der Waals surface area contributed by atoms with Crippen molar-refractivity contribution in [1.29, 1.82) is 0 Å². The van der Waals surface area contributed by atoms with Crippen LogP contribution in [-0.4, -0.2) is 22.1 Å². The van der Waals surface area contributed by atoms with Crippen molar-refractivity contribution < 1.29 is 9.53 Å². The van der Waals surface area contributed by atoms with Crippen molar-refractivity contribution in [2.75, 3.05) is 6.61 Å². The standard InChI is InChI=1S/C13H13BrN2O2/c1-2-18-13(17)12-7-15-9-16(12)8-10-3-5-11(14)6-4-10/h3-7,9H,2,8H2,1H3. The monoisotopic (exact) mass is 308 g/mol. The summed E-state index contributed by atoms with van der Waals surface area (Å²) >= 11 is 3.39. The lowest BCUT2D eigenvalue weighted by Crippen LogP contribution is -2.12. The molecule has 1 heterocycles. The van der Waals surface area contributed by atoms with Gasteiger partial charge in [-0.1, -0.05) is 28.1 Å². The molecule has 0 spiro atoms. The van der Waals surface area contributed by atoms with Crippen LogP contribution in [0.1, 0.15) is 23.0 Å². The van der Waals surface area contributed by atoms with Gasteiger partial charge in [-0.05, 0) is 24.6 Å². The van der Waals surface area contributed by atoms with Crippen LogP contribution in [-0.2, 0) is 11.3 Å². The van der Waals surface area contributed by atoms with Gasteiger partial charge in [-0.15, -0.1) is 0 Å². The van der Waals surface area contributed by atoms with Crippen LogP contribution < -0.4 is 0 Å². The third-order valence-electron chi connectivity index (χ3n) is 2.46. The summed E-state index contributed by atoms with van der Waals surface area (Å²) in [7, 11) is 0. The van der Waals surface area contributed by atoms with Gasteiger partial charge in [-0.25, -0.2) is 9.78 Å². The van der Waals surface area contributed by atoms with Crippen molar-refractivity contribution >= 4 is 21.9 Å². The van der Waals surface area contributed by atoms with Crippen molar-refractivity contribution in [3.05, 3.63) is 52.5 Å². The fraction of sp³-hybridized carbons (Fsp3) is 0.231.